The van der Waals surface area contributed by atoms with E-state index in [0.717, 1.165) is 19.4 Å². The van der Waals surface area contributed by atoms with Crippen molar-refractivity contribution in [1.29, 1.82) is 0 Å². The third-order valence-corrected chi connectivity index (χ3v) is 8.70. The highest BCUT2D eigenvalue weighted by molar-refractivity contribution is 7.86. The fourth-order valence-electron chi connectivity index (χ4n) is 5.04. The maximum Gasteiger partial charge on any atom is 0.281 e. The normalized spacial score (nSPS) is 32.2. The molecule has 3 aliphatic heterocycles. The van der Waals surface area contributed by atoms with E-state index in [2.05, 4.69) is 50.1 Å². The second-order valence-corrected chi connectivity index (χ2v) is 11.0. The van der Waals surface area contributed by atoms with Crippen LogP contribution in [0.1, 0.15) is 38.3 Å². The number of hydrogen-bond donors (Lipinski definition) is 0. The number of hydrogen-bond acceptors (Lipinski definition) is 3. The Morgan fingerprint density at radius 2 is 1.59 bits per heavy atom. The van der Waals surface area contributed by atoms with Crippen molar-refractivity contribution in [3.05, 3.63) is 35.9 Å². The molecule has 3 saturated heterocycles. The Balaban J connectivity index is 0.00000210. The van der Waals surface area contributed by atoms with Crippen LogP contribution in [-0.4, -0.2) is 61.7 Å². The van der Waals surface area contributed by atoms with Crippen molar-refractivity contribution in [2.75, 3.05) is 39.8 Å². The molecule has 5 nitrogen and oxygen atoms in total. The smallest absolute Gasteiger partial charge is 0.281 e. The van der Waals surface area contributed by atoms with Crippen molar-refractivity contribution in [3.63, 3.8) is 0 Å². The summed E-state index contributed by atoms with van der Waals surface area (Å²) in [5.41, 5.74) is 1.57. The average Bonchev–Trinajstić information content (AvgIpc) is 3.12. The summed E-state index contributed by atoms with van der Waals surface area (Å²) in [6.45, 7) is 8.07. The Kier molecular flexibility index (Phi) is 5.96. The second-order valence-electron chi connectivity index (χ2n) is 9.11. The van der Waals surface area contributed by atoms with Gasteiger partial charge in [0.05, 0.1) is 0 Å². The van der Waals surface area contributed by atoms with Gasteiger partial charge in [0, 0.05) is 38.8 Å². The van der Waals surface area contributed by atoms with Crippen molar-refractivity contribution < 1.29 is 8.42 Å². The molecule has 0 spiro atoms. The lowest BCUT2D eigenvalue weighted by Crippen LogP contribution is -2.48. The summed E-state index contributed by atoms with van der Waals surface area (Å²) in [5, 5.41) is 0. The largest absolute Gasteiger partial charge is 0.299 e. The van der Waals surface area contributed by atoms with Gasteiger partial charge >= 0.3 is 0 Å². The molecule has 1 aromatic rings. The van der Waals surface area contributed by atoms with Crippen LogP contribution in [0.15, 0.2) is 30.3 Å². The third-order valence-electron chi connectivity index (χ3n) is 6.73. The van der Waals surface area contributed by atoms with Crippen molar-refractivity contribution >= 4 is 22.6 Å². The maximum absolute atomic E-state index is 13.2. The summed E-state index contributed by atoms with van der Waals surface area (Å²) < 4.78 is 29.9. The molecule has 0 saturated carbocycles. The molecule has 1 aromatic carbocycles. The first-order valence-corrected chi connectivity index (χ1v) is 11.2. The number of halogens is 1. The van der Waals surface area contributed by atoms with Crippen LogP contribution in [0.25, 0.3) is 0 Å². The van der Waals surface area contributed by atoms with E-state index in [0.29, 0.717) is 44.1 Å². The fraction of sp³-hybridized carbons (Fsp3) is 0.700. The maximum atomic E-state index is 13.2. The van der Waals surface area contributed by atoms with E-state index in [1.54, 1.807) is 8.61 Å². The molecule has 0 aromatic heterocycles. The molecule has 0 bridgehead atoms. The Bertz CT molecular complexity index is 746. The molecule has 0 unspecified atom stereocenters. The van der Waals surface area contributed by atoms with Gasteiger partial charge in [-0.2, -0.15) is 17.0 Å². The van der Waals surface area contributed by atoms with Crippen molar-refractivity contribution in [2.24, 2.45) is 17.3 Å². The van der Waals surface area contributed by atoms with E-state index in [9.17, 15) is 8.42 Å². The monoisotopic (exact) mass is 413 g/mol. The molecule has 3 atom stereocenters. The van der Waals surface area contributed by atoms with Gasteiger partial charge in [0.15, 0.2) is 0 Å². The highest BCUT2D eigenvalue weighted by Gasteiger charge is 2.50. The van der Waals surface area contributed by atoms with Gasteiger partial charge in [-0.1, -0.05) is 44.2 Å². The first kappa shape index (κ1) is 21.1. The predicted octanol–water partition coefficient (Wildman–Crippen LogP) is 3.01. The lowest BCUT2D eigenvalue weighted by Gasteiger charge is -2.38. The van der Waals surface area contributed by atoms with Gasteiger partial charge in [0.2, 0.25) is 0 Å². The van der Waals surface area contributed by atoms with Gasteiger partial charge in [0.1, 0.15) is 0 Å². The average molecular weight is 414 g/mol. The van der Waals surface area contributed by atoms with Crippen molar-refractivity contribution in [2.45, 2.75) is 32.7 Å². The van der Waals surface area contributed by atoms with Gasteiger partial charge in [0.25, 0.3) is 10.2 Å². The summed E-state index contributed by atoms with van der Waals surface area (Å²) in [6, 6.07) is 10.9. The lowest BCUT2D eigenvalue weighted by molar-refractivity contribution is 0.186. The molecule has 7 heteroatoms. The number of piperidine rings is 1. The molecule has 3 fully saturated rings. The Labute approximate surface area is 170 Å². The molecule has 3 aliphatic rings. The van der Waals surface area contributed by atoms with Crippen LogP contribution in [0.3, 0.4) is 0 Å². The minimum atomic E-state index is -3.33. The predicted molar refractivity (Wildman–Crippen MR) is 111 cm³/mol. The van der Waals surface area contributed by atoms with Gasteiger partial charge in [-0.05, 0) is 42.7 Å². The Morgan fingerprint density at radius 3 is 2.22 bits per heavy atom. The molecule has 152 valence electrons. The van der Waals surface area contributed by atoms with Gasteiger partial charge < -0.3 is 0 Å². The number of fused-ring (bicyclic) bond motifs is 1. The molecular formula is C20H32ClN3O2S. The zero-order valence-electron chi connectivity index (χ0n) is 16.5. The minimum absolute atomic E-state index is 0. The summed E-state index contributed by atoms with van der Waals surface area (Å²) in [4.78, 5) is 2.40. The van der Waals surface area contributed by atoms with Crippen LogP contribution in [-0.2, 0) is 10.2 Å². The van der Waals surface area contributed by atoms with E-state index in [4.69, 9.17) is 0 Å². The van der Waals surface area contributed by atoms with Gasteiger partial charge in [-0.15, -0.1) is 12.4 Å². The molecule has 27 heavy (non-hydrogen) atoms. The fourth-order valence-corrected chi connectivity index (χ4v) is 6.75. The first-order valence-electron chi connectivity index (χ1n) is 9.78. The van der Waals surface area contributed by atoms with Crippen molar-refractivity contribution in [1.82, 2.24) is 13.5 Å². The minimum Gasteiger partial charge on any atom is -0.299 e. The summed E-state index contributed by atoms with van der Waals surface area (Å²) in [7, 11) is -1.16. The number of likely N-dealkylation sites (tertiary alicyclic amines) is 1. The van der Waals surface area contributed by atoms with Crippen LogP contribution in [0.4, 0.5) is 0 Å². The van der Waals surface area contributed by atoms with Gasteiger partial charge in [-0.25, -0.2) is 0 Å². The van der Waals surface area contributed by atoms with Gasteiger partial charge in [-0.3, -0.25) is 4.90 Å². The second kappa shape index (κ2) is 7.64. The molecular weight excluding hydrogens is 382 g/mol. The Morgan fingerprint density at radius 1 is 0.963 bits per heavy atom. The highest BCUT2D eigenvalue weighted by Crippen LogP contribution is 2.45. The number of rotatable bonds is 3. The molecule has 0 aliphatic carbocycles. The number of nitrogens with zero attached hydrogens (tertiary/aromatic N) is 3. The van der Waals surface area contributed by atoms with E-state index in [1.165, 1.54) is 5.56 Å². The molecule has 0 radical (unpaired) electrons. The molecule has 0 amide bonds. The summed E-state index contributed by atoms with van der Waals surface area (Å²) >= 11 is 0. The number of benzene rings is 1. The SMILES string of the molecule is CN1C[C@H]2CN(S(=O)(=O)N3CCC(C)(C)CC3)C[C@H]2[C@@H]1c1ccccc1.Cl. The van der Waals surface area contributed by atoms with E-state index in [-0.39, 0.29) is 17.8 Å². The first-order chi connectivity index (χ1) is 12.3. The van der Waals surface area contributed by atoms with Crippen molar-refractivity contribution in [3.8, 4) is 0 Å². The Hall–Kier alpha value is -0.660. The van der Waals surface area contributed by atoms with Crippen LogP contribution in [0, 0.1) is 17.3 Å². The highest BCUT2D eigenvalue weighted by atomic mass is 35.5. The van der Waals surface area contributed by atoms with Crippen LogP contribution in [0.5, 0.6) is 0 Å². The third kappa shape index (κ3) is 3.92. The lowest BCUT2D eigenvalue weighted by atomic mass is 9.83. The molecule has 3 heterocycles. The summed E-state index contributed by atoms with van der Waals surface area (Å²) in [6.07, 6.45) is 1.89. The van der Waals surface area contributed by atoms with Crippen LogP contribution >= 0.6 is 12.4 Å². The topological polar surface area (TPSA) is 43.9 Å². The van der Waals surface area contributed by atoms with Crippen LogP contribution in [0.2, 0.25) is 0 Å². The van der Waals surface area contributed by atoms with Crippen LogP contribution < -0.4 is 0 Å². The van der Waals surface area contributed by atoms with E-state index < -0.39 is 10.2 Å². The molecule has 0 N–H and O–H groups in total. The zero-order chi connectivity index (χ0) is 18.5. The van der Waals surface area contributed by atoms with E-state index in [1.807, 2.05) is 6.07 Å². The van der Waals surface area contributed by atoms with E-state index >= 15 is 0 Å². The quantitative estimate of drug-likeness (QED) is 0.765. The molecule has 4 rings (SSSR count). The zero-order valence-corrected chi connectivity index (χ0v) is 18.2. The summed E-state index contributed by atoms with van der Waals surface area (Å²) in [5.74, 6) is 0.819. The standard InChI is InChI=1S/C20H31N3O2S.ClH/c1-20(2)9-11-22(12-10-20)26(24,25)23-14-17-13-21(3)19(18(17)15-23)16-7-5-4-6-8-16;/h4-8,17-19H,9-15H2,1-3H3;1H/t17-,18+,19-;/m0./s1.